The van der Waals surface area contributed by atoms with Crippen LogP contribution in [0.1, 0.15) is 18.9 Å². The zero-order chi connectivity index (χ0) is 16.3. The van der Waals surface area contributed by atoms with Crippen molar-refractivity contribution < 1.29 is 28.6 Å². The summed E-state index contributed by atoms with van der Waals surface area (Å²) in [6.07, 6.45) is -1.15. The highest BCUT2D eigenvalue weighted by Crippen LogP contribution is 2.29. The molecule has 6 nitrogen and oxygen atoms in total. The summed E-state index contributed by atoms with van der Waals surface area (Å²) in [6.45, 7) is 1.72. The molecule has 2 atom stereocenters. The second kappa shape index (κ2) is 6.55. The highest BCUT2D eigenvalue weighted by Gasteiger charge is 2.47. The van der Waals surface area contributed by atoms with Gasteiger partial charge in [0, 0.05) is 5.92 Å². The van der Waals surface area contributed by atoms with Gasteiger partial charge in [-0.3, -0.25) is 4.79 Å². The number of likely N-dealkylation sites (tertiary alicyclic amines) is 1. The van der Waals surface area contributed by atoms with Crippen LogP contribution in [0.15, 0.2) is 24.3 Å². The molecule has 1 fully saturated rings. The Balaban J connectivity index is 2.16. The Morgan fingerprint density at radius 1 is 1.36 bits per heavy atom. The lowest BCUT2D eigenvalue weighted by atomic mass is 9.96. The highest BCUT2D eigenvalue weighted by atomic mass is 19.1. The van der Waals surface area contributed by atoms with Gasteiger partial charge in [0.05, 0.1) is 6.61 Å². The largest absolute Gasteiger partial charge is 0.465 e. The topological polar surface area (TPSA) is 83.9 Å². The van der Waals surface area contributed by atoms with Gasteiger partial charge in [0.1, 0.15) is 11.9 Å². The first-order valence-electron chi connectivity index (χ1n) is 6.91. The number of halogens is 1. The van der Waals surface area contributed by atoms with Crippen molar-refractivity contribution in [2.75, 3.05) is 6.61 Å². The number of carboxylic acid groups (broad SMARTS) is 1. The van der Waals surface area contributed by atoms with Crippen LogP contribution >= 0.6 is 0 Å². The Kier molecular flexibility index (Phi) is 4.75. The van der Waals surface area contributed by atoms with E-state index in [2.05, 4.69) is 0 Å². The number of carbonyl (C=O) groups excluding carboxylic acids is 2. The van der Waals surface area contributed by atoms with Gasteiger partial charge in [0.2, 0.25) is 5.91 Å². The fourth-order valence-electron chi connectivity index (χ4n) is 2.57. The minimum absolute atomic E-state index is 0.0708. The van der Waals surface area contributed by atoms with E-state index in [-0.39, 0.29) is 19.4 Å². The molecule has 0 aliphatic carbocycles. The number of nitrogens with zero attached hydrogens (tertiary/aromatic N) is 1. The van der Waals surface area contributed by atoms with Gasteiger partial charge in [-0.1, -0.05) is 12.1 Å². The van der Waals surface area contributed by atoms with Crippen LogP contribution in [-0.2, 0) is 20.7 Å². The molecule has 2 unspecified atom stereocenters. The first-order valence-corrected chi connectivity index (χ1v) is 6.91. The van der Waals surface area contributed by atoms with E-state index in [4.69, 9.17) is 9.84 Å². The van der Waals surface area contributed by atoms with Crippen molar-refractivity contribution >= 4 is 18.0 Å². The first kappa shape index (κ1) is 15.9. The second-order valence-electron chi connectivity index (χ2n) is 5.02. The number of carbonyl (C=O) groups is 3. The monoisotopic (exact) mass is 309 g/mol. The molecule has 0 radical (unpaired) electrons. The predicted octanol–water partition coefficient (Wildman–Crippen LogP) is 1.83. The molecule has 22 heavy (non-hydrogen) atoms. The summed E-state index contributed by atoms with van der Waals surface area (Å²) in [6, 6.07) is 4.49. The summed E-state index contributed by atoms with van der Waals surface area (Å²) in [4.78, 5) is 35.8. The van der Waals surface area contributed by atoms with Crippen molar-refractivity contribution in [2.24, 2.45) is 5.92 Å². The minimum atomic E-state index is -1.47. The zero-order valence-electron chi connectivity index (χ0n) is 12.0. The number of hydrogen-bond donors (Lipinski definition) is 1. The number of imide groups is 1. The lowest BCUT2D eigenvalue weighted by molar-refractivity contribution is -0.150. The number of amides is 2. The van der Waals surface area contributed by atoms with Crippen LogP contribution in [0.5, 0.6) is 0 Å². The molecule has 1 aliphatic rings. The summed E-state index contributed by atoms with van der Waals surface area (Å²) in [5.74, 6) is -2.39. The van der Waals surface area contributed by atoms with Gasteiger partial charge < -0.3 is 9.84 Å². The molecular formula is C15H16FNO5. The van der Waals surface area contributed by atoms with Crippen LogP contribution in [0.3, 0.4) is 0 Å². The van der Waals surface area contributed by atoms with Crippen molar-refractivity contribution in [3.05, 3.63) is 35.6 Å². The van der Waals surface area contributed by atoms with Crippen LogP contribution in [0.4, 0.5) is 9.18 Å². The fraction of sp³-hybridized carbons (Fsp3) is 0.400. The molecule has 2 rings (SSSR count). The van der Waals surface area contributed by atoms with E-state index in [9.17, 15) is 18.8 Å². The molecule has 118 valence electrons. The summed E-state index contributed by atoms with van der Waals surface area (Å²) in [7, 11) is 0. The summed E-state index contributed by atoms with van der Waals surface area (Å²) in [5.41, 5.74) is 0.703. The van der Waals surface area contributed by atoms with Gasteiger partial charge in [-0.15, -0.1) is 0 Å². The Morgan fingerprint density at radius 2 is 2.00 bits per heavy atom. The molecule has 1 saturated heterocycles. The molecule has 0 aromatic heterocycles. The van der Waals surface area contributed by atoms with Crippen LogP contribution in [0.25, 0.3) is 0 Å². The van der Waals surface area contributed by atoms with Crippen LogP contribution in [0.2, 0.25) is 0 Å². The molecule has 2 amide bonds. The first-order chi connectivity index (χ1) is 10.4. The number of hydrogen-bond acceptors (Lipinski definition) is 4. The normalized spacial score (nSPS) is 21.0. The van der Waals surface area contributed by atoms with Crippen molar-refractivity contribution in [2.45, 2.75) is 25.8 Å². The molecular weight excluding hydrogens is 293 g/mol. The van der Waals surface area contributed by atoms with Crippen LogP contribution in [-0.4, -0.2) is 40.6 Å². The number of rotatable bonds is 4. The molecule has 0 bridgehead atoms. The quantitative estimate of drug-likeness (QED) is 0.858. The van der Waals surface area contributed by atoms with E-state index in [1.165, 1.54) is 24.3 Å². The second-order valence-corrected chi connectivity index (χ2v) is 5.02. The van der Waals surface area contributed by atoms with Crippen LogP contribution in [0, 0.1) is 11.7 Å². The number of ether oxygens (including phenoxy) is 1. The summed E-state index contributed by atoms with van der Waals surface area (Å²) >= 11 is 0. The number of esters is 1. The molecule has 1 aromatic rings. The van der Waals surface area contributed by atoms with E-state index in [0.717, 1.165) is 0 Å². The van der Waals surface area contributed by atoms with E-state index < -0.39 is 35.7 Å². The molecule has 0 spiro atoms. The molecule has 1 N–H and O–H groups in total. The minimum Gasteiger partial charge on any atom is -0.465 e. The Hall–Kier alpha value is -2.44. The van der Waals surface area contributed by atoms with Gasteiger partial charge in [-0.25, -0.2) is 18.9 Å². The van der Waals surface area contributed by atoms with E-state index in [1.807, 2.05) is 0 Å². The molecule has 0 saturated carbocycles. The van der Waals surface area contributed by atoms with Crippen molar-refractivity contribution in [3.63, 3.8) is 0 Å². The molecule has 7 heteroatoms. The van der Waals surface area contributed by atoms with Crippen molar-refractivity contribution in [1.29, 1.82) is 0 Å². The maximum atomic E-state index is 12.9. The van der Waals surface area contributed by atoms with Gasteiger partial charge in [0.25, 0.3) is 0 Å². The standard InChI is InChI=1S/C15H16FNO5/c1-2-22-14(19)12-8-10(13(18)17(12)15(20)21)7-9-3-5-11(16)6-4-9/h3-6,10,12H,2,7-8H2,1H3,(H,20,21). The Labute approximate surface area is 126 Å². The summed E-state index contributed by atoms with van der Waals surface area (Å²) in [5, 5.41) is 9.14. The lowest BCUT2D eigenvalue weighted by Crippen LogP contribution is -2.43. The van der Waals surface area contributed by atoms with Gasteiger partial charge in [0.15, 0.2) is 0 Å². The smallest absolute Gasteiger partial charge is 0.414 e. The highest BCUT2D eigenvalue weighted by molar-refractivity contribution is 6.00. The van der Waals surface area contributed by atoms with E-state index >= 15 is 0 Å². The zero-order valence-corrected chi connectivity index (χ0v) is 12.0. The molecule has 1 aromatic carbocycles. The summed E-state index contributed by atoms with van der Waals surface area (Å²) < 4.78 is 17.7. The van der Waals surface area contributed by atoms with Crippen molar-refractivity contribution in [3.8, 4) is 0 Å². The van der Waals surface area contributed by atoms with Gasteiger partial charge in [-0.2, -0.15) is 0 Å². The fourth-order valence-corrected chi connectivity index (χ4v) is 2.57. The SMILES string of the molecule is CCOC(=O)C1CC(Cc2ccc(F)cc2)C(=O)N1C(=O)O. The number of benzene rings is 1. The average Bonchev–Trinajstić information content (AvgIpc) is 2.79. The predicted molar refractivity (Wildman–Crippen MR) is 73.5 cm³/mol. The third-order valence-electron chi connectivity index (χ3n) is 3.57. The van der Waals surface area contributed by atoms with Crippen LogP contribution < -0.4 is 0 Å². The van der Waals surface area contributed by atoms with E-state index in [1.54, 1.807) is 6.92 Å². The maximum Gasteiger partial charge on any atom is 0.414 e. The van der Waals surface area contributed by atoms with Crippen molar-refractivity contribution in [1.82, 2.24) is 4.90 Å². The van der Waals surface area contributed by atoms with Gasteiger partial charge in [-0.05, 0) is 37.5 Å². The van der Waals surface area contributed by atoms with Gasteiger partial charge >= 0.3 is 12.1 Å². The lowest BCUT2D eigenvalue weighted by Gasteiger charge is -2.17. The van der Waals surface area contributed by atoms with E-state index in [0.29, 0.717) is 10.5 Å². The Bertz CT molecular complexity index is 586. The maximum absolute atomic E-state index is 12.9. The molecule has 1 aliphatic heterocycles. The molecule has 1 heterocycles. The average molecular weight is 309 g/mol. The third kappa shape index (κ3) is 3.24. The Morgan fingerprint density at radius 3 is 2.55 bits per heavy atom. The third-order valence-corrected chi connectivity index (χ3v) is 3.57.